The second-order valence-corrected chi connectivity index (χ2v) is 6.41. The van der Waals surface area contributed by atoms with Crippen molar-refractivity contribution in [2.45, 2.75) is 19.7 Å². The standard InChI is InChI=1S/C20H15F3N4O3/c1-11-17(19(28)26-16-6-8-25-27-16)14-9-13(4-5-15(14)30-11)29-10-12-3-2-7-24-18(12)20(21,22)23/h2-9H,10H2,1H3,(H2,25,26,27,28). The van der Waals surface area contributed by atoms with Crippen molar-refractivity contribution < 1.29 is 27.1 Å². The highest BCUT2D eigenvalue weighted by Crippen LogP contribution is 2.32. The first-order valence-corrected chi connectivity index (χ1v) is 8.80. The van der Waals surface area contributed by atoms with Gasteiger partial charge in [-0.3, -0.25) is 14.9 Å². The van der Waals surface area contributed by atoms with E-state index in [4.69, 9.17) is 9.15 Å². The lowest BCUT2D eigenvalue weighted by Crippen LogP contribution is -2.13. The van der Waals surface area contributed by atoms with Crippen LogP contribution >= 0.6 is 0 Å². The number of nitrogens with zero attached hydrogens (tertiary/aromatic N) is 2. The number of halogens is 3. The molecule has 3 heterocycles. The van der Waals surface area contributed by atoms with Crippen LogP contribution in [0.25, 0.3) is 11.0 Å². The predicted octanol–water partition coefficient (Wildman–Crippen LogP) is 4.71. The minimum atomic E-state index is -4.58. The van der Waals surface area contributed by atoms with Crippen molar-refractivity contribution >= 4 is 22.7 Å². The zero-order valence-electron chi connectivity index (χ0n) is 15.6. The summed E-state index contributed by atoms with van der Waals surface area (Å²) in [5.74, 6) is 0.679. The van der Waals surface area contributed by atoms with Gasteiger partial charge in [-0.1, -0.05) is 6.07 Å². The van der Waals surface area contributed by atoms with Crippen LogP contribution in [0.4, 0.5) is 19.0 Å². The van der Waals surface area contributed by atoms with E-state index in [1.165, 1.54) is 18.3 Å². The van der Waals surface area contributed by atoms with Crippen LogP contribution in [0.3, 0.4) is 0 Å². The molecule has 0 unspecified atom stereocenters. The maximum absolute atomic E-state index is 13.1. The molecule has 4 aromatic rings. The second kappa shape index (κ2) is 7.54. The summed E-state index contributed by atoms with van der Waals surface area (Å²) in [7, 11) is 0. The third-order valence-corrected chi connectivity index (χ3v) is 4.37. The highest BCUT2D eigenvalue weighted by molar-refractivity contribution is 6.13. The molecule has 0 spiro atoms. The number of hydrogen-bond acceptors (Lipinski definition) is 5. The van der Waals surface area contributed by atoms with E-state index in [0.717, 1.165) is 6.20 Å². The fourth-order valence-corrected chi connectivity index (χ4v) is 3.05. The monoisotopic (exact) mass is 416 g/mol. The molecule has 10 heteroatoms. The van der Waals surface area contributed by atoms with Gasteiger partial charge in [0.2, 0.25) is 0 Å². The number of ether oxygens (including phenoxy) is 1. The van der Waals surface area contributed by atoms with Gasteiger partial charge < -0.3 is 14.5 Å². The Hall–Kier alpha value is -3.82. The Morgan fingerprint density at radius 1 is 1.23 bits per heavy atom. The number of carbonyl (C=O) groups excluding carboxylic acids is 1. The molecule has 0 aliphatic heterocycles. The molecule has 0 bridgehead atoms. The van der Waals surface area contributed by atoms with Crippen LogP contribution in [-0.4, -0.2) is 21.1 Å². The van der Waals surface area contributed by atoms with Crippen LogP contribution in [0.2, 0.25) is 0 Å². The number of hydrogen-bond donors (Lipinski definition) is 2. The minimum Gasteiger partial charge on any atom is -0.489 e. The number of amides is 1. The number of aromatic amines is 1. The number of pyridine rings is 1. The van der Waals surface area contributed by atoms with Gasteiger partial charge >= 0.3 is 6.18 Å². The SMILES string of the molecule is Cc1oc2ccc(OCc3cccnc3C(F)(F)F)cc2c1C(=O)Nc1ccn[nH]1. The lowest BCUT2D eigenvalue weighted by Gasteiger charge is -2.12. The van der Waals surface area contributed by atoms with Gasteiger partial charge in [0.05, 0.1) is 11.8 Å². The molecule has 0 fully saturated rings. The fraction of sp³-hybridized carbons (Fsp3) is 0.150. The molecule has 0 saturated heterocycles. The number of rotatable bonds is 5. The number of aryl methyl sites for hydroxylation is 1. The number of nitrogens with one attached hydrogen (secondary N) is 2. The molecule has 1 aromatic carbocycles. The summed E-state index contributed by atoms with van der Waals surface area (Å²) in [5, 5.41) is 9.54. The van der Waals surface area contributed by atoms with Crippen molar-refractivity contribution in [1.82, 2.24) is 15.2 Å². The van der Waals surface area contributed by atoms with Gasteiger partial charge in [-0.05, 0) is 31.2 Å². The van der Waals surface area contributed by atoms with Crippen LogP contribution in [0.1, 0.15) is 27.4 Å². The Bertz CT molecular complexity index is 1200. The zero-order chi connectivity index (χ0) is 21.3. The predicted molar refractivity (Wildman–Crippen MR) is 101 cm³/mol. The van der Waals surface area contributed by atoms with Crippen LogP contribution in [0.15, 0.2) is 53.2 Å². The Kier molecular flexibility index (Phi) is 4.90. The van der Waals surface area contributed by atoms with E-state index in [9.17, 15) is 18.0 Å². The van der Waals surface area contributed by atoms with Crippen molar-refractivity contribution in [3.63, 3.8) is 0 Å². The van der Waals surface area contributed by atoms with Crippen molar-refractivity contribution in [2.75, 3.05) is 5.32 Å². The van der Waals surface area contributed by atoms with Crippen molar-refractivity contribution in [2.24, 2.45) is 0 Å². The molecule has 30 heavy (non-hydrogen) atoms. The molecule has 0 aliphatic carbocycles. The number of aromatic nitrogens is 3. The van der Waals surface area contributed by atoms with Crippen molar-refractivity contribution in [3.8, 4) is 5.75 Å². The lowest BCUT2D eigenvalue weighted by atomic mass is 10.1. The smallest absolute Gasteiger partial charge is 0.433 e. The first-order valence-electron chi connectivity index (χ1n) is 8.80. The van der Waals surface area contributed by atoms with Crippen LogP contribution in [-0.2, 0) is 12.8 Å². The van der Waals surface area contributed by atoms with Crippen molar-refractivity contribution in [1.29, 1.82) is 0 Å². The first kappa shape index (κ1) is 19.5. The Labute approximate surface area is 167 Å². The fourth-order valence-electron chi connectivity index (χ4n) is 3.05. The normalized spacial score (nSPS) is 11.6. The second-order valence-electron chi connectivity index (χ2n) is 6.41. The molecule has 2 N–H and O–H groups in total. The number of benzene rings is 1. The number of alkyl halides is 3. The lowest BCUT2D eigenvalue weighted by molar-refractivity contribution is -0.142. The molecule has 3 aromatic heterocycles. The van der Waals surface area contributed by atoms with Gasteiger partial charge in [-0.15, -0.1) is 0 Å². The summed E-state index contributed by atoms with van der Waals surface area (Å²) < 4.78 is 50.5. The van der Waals surface area contributed by atoms with Gasteiger partial charge in [-0.25, -0.2) is 0 Å². The first-order chi connectivity index (χ1) is 14.3. The number of anilines is 1. The van der Waals surface area contributed by atoms with E-state index in [2.05, 4.69) is 20.5 Å². The average Bonchev–Trinajstić information content (AvgIpc) is 3.32. The van der Waals surface area contributed by atoms with Gasteiger partial charge in [0.25, 0.3) is 5.91 Å². The topological polar surface area (TPSA) is 93.0 Å². The van der Waals surface area contributed by atoms with E-state index < -0.39 is 17.8 Å². The number of carbonyl (C=O) groups is 1. The molecule has 154 valence electrons. The van der Waals surface area contributed by atoms with E-state index in [0.29, 0.717) is 28.1 Å². The van der Waals surface area contributed by atoms with Crippen LogP contribution in [0.5, 0.6) is 5.75 Å². The molecule has 0 radical (unpaired) electrons. The molecular weight excluding hydrogens is 401 g/mol. The van der Waals surface area contributed by atoms with E-state index in [1.807, 2.05) is 0 Å². The maximum atomic E-state index is 13.1. The van der Waals surface area contributed by atoms with E-state index in [1.54, 1.807) is 31.2 Å². The summed E-state index contributed by atoms with van der Waals surface area (Å²) in [5.41, 5.74) is -0.343. The summed E-state index contributed by atoms with van der Waals surface area (Å²) >= 11 is 0. The molecule has 1 amide bonds. The van der Waals surface area contributed by atoms with Gasteiger partial charge in [0, 0.05) is 23.2 Å². The summed E-state index contributed by atoms with van der Waals surface area (Å²) in [6.45, 7) is 1.31. The molecule has 0 aliphatic rings. The quantitative estimate of drug-likeness (QED) is 0.492. The number of furan rings is 1. The zero-order valence-corrected chi connectivity index (χ0v) is 15.6. The summed E-state index contributed by atoms with van der Waals surface area (Å²) in [6, 6.07) is 9.02. The number of H-pyrrole nitrogens is 1. The van der Waals surface area contributed by atoms with Crippen LogP contribution < -0.4 is 10.1 Å². The minimum absolute atomic E-state index is 0.0920. The summed E-state index contributed by atoms with van der Waals surface area (Å²) in [6.07, 6.45) is -2.00. The molecule has 4 rings (SSSR count). The third-order valence-electron chi connectivity index (χ3n) is 4.37. The van der Waals surface area contributed by atoms with Crippen molar-refractivity contribution in [3.05, 3.63) is 71.4 Å². The molecular formula is C20H15F3N4O3. The number of fused-ring (bicyclic) bond motifs is 1. The maximum Gasteiger partial charge on any atom is 0.433 e. The Balaban J connectivity index is 1.60. The molecule has 7 nitrogen and oxygen atoms in total. The Morgan fingerprint density at radius 3 is 2.80 bits per heavy atom. The van der Waals surface area contributed by atoms with E-state index in [-0.39, 0.29) is 17.9 Å². The van der Waals surface area contributed by atoms with Crippen LogP contribution in [0, 0.1) is 6.92 Å². The third kappa shape index (κ3) is 3.84. The van der Waals surface area contributed by atoms with E-state index >= 15 is 0 Å². The summed E-state index contributed by atoms with van der Waals surface area (Å²) in [4.78, 5) is 16.1. The molecule has 0 saturated carbocycles. The highest BCUT2D eigenvalue weighted by Gasteiger charge is 2.35. The largest absolute Gasteiger partial charge is 0.489 e. The van der Waals surface area contributed by atoms with Gasteiger partial charge in [0.1, 0.15) is 29.5 Å². The average molecular weight is 416 g/mol. The Morgan fingerprint density at radius 2 is 2.07 bits per heavy atom. The molecule has 0 atom stereocenters. The highest BCUT2D eigenvalue weighted by atomic mass is 19.4. The van der Waals surface area contributed by atoms with Gasteiger partial charge in [-0.2, -0.15) is 18.3 Å². The van der Waals surface area contributed by atoms with Gasteiger partial charge in [0.15, 0.2) is 5.69 Å².